The standard InChI is InChI=1S/C10H15ClN2O2/c1-6(4-11)7(2)13-10(14)9-8(3)12-5-15-9/h5-7H,4H2,1-3H3,(H,13,14). The second-order valence-electron chi connectivity index (χ2n) is 3.66. The first-order valence-electron chi connectivity index (χ1n) is 4.83. The number of carbonyl (C=O) groups is 1. The zero-order chi connectivity index (χ0) is 11.4. The summed E-state index contributed by atoms with van der Waals surface area (Å²) in [5.41, 5.74) is 0.596. The van der Waals surface area contributed by atoms with E-state index in [-0.39, 0.29) is 23.6 Å². The van der Waals surface area contributed by atoms with Gasteiger partial charge >= 0.3 is 0 Å². The van der Waals surface area contributed by atoms with Crippen LogP contribution in [-0.2, 0) is 0 Å². The van der Waals surface area contributed by atoms with Crippen LogP contribution in [0, 0.1) is 12.8 Å². The summed E-state index contributed by atoms with van der Waals surface area (Å²) in [6.45, 7) is 5.62. The Hall–Kier alpha value is -1.03. The molecule has 4 nitrogen and oxygen atoms in total. The molecule has 0 saturated heterocycles. The lowest BCUT2D eigenvalue weighted by Crippen LogP contribution is -2.37. The summed E-state index contributed by atoms with van der Waals surface area (Å²) in [6, 6.07) is 0.0134. The maximum absolute atomic E-state index is 11.7. The number of alkyl halides is 1. The van der Waals surface area contributed by atoms with Crippen molar-refractivity contribution in [1.29, 1.82) is 0 Å². The third-order valence-corrected chi connectivity index (χ3v) is 2.89. The van der Waals surface area contributed by atoms with Gasteiger partial charge < -0.3 is 9.73 Å². The third-order valence-electron chi connectivity index (χ3n) is 2.41. The summed E-state index contributed by atoms with van der Waals surface area (Å²) < 4.78 is 4.98. The SMILES string of the molecule is Cc1ncoc1C(=O)NC(C)C(C)CCl. The molecule has 1 aromatic rings. The number of rotatable bonds is 4. The van der Waals surface area contributed by atoms with Crippen molar-refractivity contribution >= 4 is 17.5 Å². The van der Waals surface area contributed by atoms with Crippen LogP contribution in [0.3, 0.4) is 0 Å². The van der Waals surface area contributed by atoms with Crippen LogP contribution >= 0.6 is 11.6 Å². The molecule has 0 aliphatic rings. The maximum Gasteiger partial charge on any atom is 0.289 e. The minimum Gasteiger partial charge on any atom is -0.438 e. The number of halogens is 1. The molecule has 0 bridgehead atoms. The Kier molecular flexibility index (Phi) is 4.15. The lowest BCUT2D eigenvalue weighted by molar-refractivity contribution is 0.0902. The Bertz CT molecular complexity index is 338. The molecule has 2 unspecified atom stereocenters. The smallest absolute Gasteiger partial charge is 0.289 e. The van der Waals surface area contributed by atoms with E-state index >= 15 is 0 Å². The topological polar surface area (TPSA) is 55.1 Å². The van der Waals surface area contributed by atoms with Gasteiger partial charge in [-0.2, -0.15) is 0 Å². The molecular formula is C10H15ClN2O2. The van der Waals surface area contributed by atoms with Gasteiger partial charge in [-0.1, -0.05) is 6.92 Å². The highest BCUT2D eigenvalue weighted by Crippen LogP contribution is 2.08. The molecule has 0 spiro atoms. The van der Waals surface area contributed by atoms with Crippen molar-refractivity contribution < 1.29 is 9.21 Å². The van der Waals surface area contributed by atoms with Crippen LogP contribution < -0.4 is 5.32 Å². The molecule has 5 heteroatoms. The Balaban J connectivity index is 2.60. The molecule has 0 aromatic carbocycles. The monoisotopic (exact) mass is 230 g/mol. The van der Waals surface area contributed by atoms with E-state index in [9.17, 15) is 4.79 Å². The van der Waals surface area contributed by atoms with Gasteiger partial charge in [0.1, 0.15) is 0 Å². The van der Waals surface area contributed by atoms with Gasteiger partial charge in [0.15, 0.2) is 6.39 Å². The van der Waals surface area contributed by atoms with Crippen molar-refractivity contribution in [1.82, 2.24) is 10.3 Å². The third kappa shape index (κ3) is 2.96. The van der Waals surface area contributed by atoms with E-state index in [4.69, 9.17) is 16.0 Å². The predicted molar refractivity (Wildman–Crippen MR) is 58.1 cm³/mol. The van der Waals surface area contributed by atoms with Crippen LogP contribution in [0.5, 0.6) is 0 Å². The van der Waals surface area contributed by atoms with Crippen molar-refractivity contribution in [2.45, 2.75) is 26.8 Å². The van der Waals surface area contributed by atoms with Crippen molar-refractivity contribution in [2.24, 2.45) is 5.92 Å². The van der Waals surface area contributed by atoms with Crippen molar-refractivity contribution in [2.75, 3.05) is 5.88 Å². The Morgan fingerprint density at radius 1 is 1.67 bits per heavy atom. The fourth-order valence-corrected chi connectivity index (χ4v) is 1.34. The molecule has 0 saturated carbocycles. The molecule has 0 fully saturated rings. The van der Waals surface area contributed by atoms with Crippen molar-refractivity contribution in [3.05, 3.63) is 17.8 Å². The molecule has 0 radical (unpaired) electrons. The zero-order valence-corrected chi connectivity index (χ0v) is 9.84. The summed E-state index contributed by atoms with van der Waals surface area (Å²) in [4.78, 5) is 15.5. The molecule has 1 N–H and O–H groups in total. The van der Waals surface area contributed by atoms with Gasteiger partial charge in [-0.15, -0.1) is 11.6 Å². The van der Waals surface area contributed by atoms with Crippen LogP contribution in [0.4, 0.5) is 0 Å². The number of hydrogen-bond donors (Lipinski definition) is 1. The number of carbonyl (C=O) groups excluding carboxylic acids is 1. The van der Waals surface area contributed by atoms with Crippen LogP contribution in [0.25, 0.3) is 0 Å². The largest absolute Gasteiger partial charge is 0.438 e. The normalized spacial score (nSPS) is 14.7. The van der Waals surface area contributed by atoms with E-state index in [1.54, 1.807) is 6.92 Å². The fraction of sp³-hybridized carbons (Fsp3) is 0.600. The van der Waals surface area contributed by atoms with E-state index in [2.05, 4.69) is 10.3 Å². The summed E-state index contributed by atoms with van der Waals surface area (Å²) in [5.74, 6) is 0.758. The molecule has 1 rings (SSSR count). The number of amides is 1. The van der Waals surface area contributed by atoms with Gasteiger partial charge in [0.25, 0.3) is 5.91 Å². The van der Waals surface area contributed by atoms with E-state index < -0.39 is 0 Å². The Morgan fingerprint density at radius 2 is 2.33 bits per heavy atom. The predicted octanol–water partition coefficient (Wildman–Crippen LogP) is 1.98. The highest BCUT2D eigenvalue weighted by molar-refractivity contribution is 6.18. The number of nitrogens with one attached hydrogen (secondary N) is 1. The fourth-order valence-electron chi connectivity index (χ4n) is 1.07. The van der Waals surface area contributed by atoms with Crippen LogP contribution in [0.1, 0.15) is 30.1 Å². The lowest BCUT2D eigenvalue weighted by Gasteiger charge is -2.18. The number of oxazole rings is 1. The number of aromatic nitrogens is 1. The minimum atomic E-state index is -0.241. The van der Waals surface area contributed by atoms with E-state index in [1.165, 1.54) is 6.39 Å². The summed E-state index contributed by atoms with van der Waals surface area (Å²) >= 11 is 5.70. The van der Waals surface area contributed by atoms with Crippen molar-refractivity contribution in [3.63, 3.8) is 0 Å². The summed E-state index contributed by atoms with van der Waals surface area (Å²) in [6.07, 6.45) is 1.26. The van der Waals surface area contributed by atoms with Gasteiger partial charge in [-0.05, 0) is 19.8 Å². The number of aryl methyl sites for hydroxylation is 1. The average Bonchev–Trinajstić information content (AvgIpc) is 2.63. The van der Waals surface area contributed by atoms with Crippen molar-refractivity contribution in [3.8, 4) is 0 Å². The molecule has 0 aliphatic heterocycles. The Morgan fingerprint density at radius 3 is 2.80 bits per heavy atom. The minimum absolute atomic E-state index is 0.0134. The zero-order valence-electron chi connectivity index (χ0n) is 9.08. The van der Waals surface area contributed by atoms with E-state index in [0.29, 0.717) is 11.6 Å². The molecule has 15 heavy (non-hydrogen) atoms. The molecule has 2 atom stereocenters. The molecular weight excluding hydrogens is 216 g/mol. The Labute approximate surface area is 94.0 Å². The van der Waals surface area contributed by atoms with Crippen LogP contribution in [-0.4, -0.2) is 22.8 Å². The van der Waals surface area contributed by atoms with E-state index in [0.717, 1.165) is 0 Å². The van der Waals surface area contributed by atoms with Crippen LogP contribution in [0.15, 0.2) is 10.8 Å². The second-order valence-corrected chi connectivity index (χ2v) is 3.97. The highest BCUT2D eigenvalue weighted by Gasteiger charge is 2.18. The highest BCUT2D eigenvalue weighted by atomic mass is 35.5. The van der Waals surface area contributed by atoms with Gasteiger partial charge in [-0.25, -0.2) is 4.98 Å². The molecule has 1 aromatic heterocycles. The second kappa shape index (κ2) is 5.16. The quantitative estimate of drug-likeness (QED) is 0.805. The first kappa shape index (κ1) is 12.0. The average molecular weight is 231 g/mol. The van der Waals surface area contributed by atoms with Gasteiger partial charge in [0.05, 0.1) is 5.69 Å². The van der Waals surface area contributed by atoms with Gasteiger partial charge in [0.2, 0.25) is 5.76 Å². The van der Waals surface area contributed by atoms with Crippen LogP contribution in [0.2, 0.25) is 0 Å². The molecule has 0 aliphatic carbocycles. The van der Waals surface area contributed by atoms with Gasteiger partial charge in [-0.3, -0.25) is 4.79 Å². The first-order valence-corrected chi connectivity index (χ1v) is 5.36. The molecule has 1 heterocycles. The number of hydrogen-bond acceptors (Lipinski definition) is 3. The summed E-state index contributed by atoms with van der Waals surface area (Å²) in [7, 11) is 0. The van der Waals surface area contributed by atoms with Gasteiger partial charge in [0, 0.05) is 11.9 Å². The lowest BCUT2D eigenvalue weighted by atomic mass is 10.1. The summed E-state index contributed by atoms with van der Waals surface area (Å²) in [5, 5.41) is 2.82. The molecule has 84 valence electrons. The first-order chi connectivity index (χ1) is 7.06. The number of nitrogens with zero attached hydrogens (tertiary/aromatic N) is 1. The van der Waals surface area contributed by atoms with E-state index in [1.807, 2.05) is 13.8 Å². The molecule has 1 amide bonds. The maximum atomic E-state index is 11.7.